The van der Waals surface area contributed by atoms with Crippen molar-refractivity contribution in [3.63, 3.8) is 0 Å². The molecule has 0 radical (unpaired) electrons. The first kappa shape index (κ1) is 23.1. The Hall–Kier alpha value is -2.94. The van der Waals surface area contributed by atoms with Crippen molar-refractivity contribution in [2.24, 2.45) is 0 Å². The monoisotopic (exact) mass is 394 g/mol. The normalized spacial score (nSPS) is 12.4. The molecule has 0 spiro atoms. The van der Waals surface area contributed by atoms with E-state index in [9.17, 15) is 14.4 Å². The number of guanidine groups is 1. The van der Waals surface area contributed by atoms with Crippen LogP contribution in [0.4, 0.5) is 4.79 Å². The number of hydrogen-bond acceptors (Lipinski definition) is 7. The lowest BCUT2D eigenvalue weighted by atomic mass is 10.1. The number of nitrogens with one attached hydrogen (secondary N) is 1. The fourth-order valence-electron chi connectivity index (χ4n) is 2.19. The van der Waals surface area contributed by atoms with Crippen LogP contribution >= 0.6 is 0 Å². The lowest BCUT2D eigenvalue weighted by molar-refractivity contribution is -1.01. The number of carbonyl (C=O) groups is 3. The minimum Gasteiger partial charge on any atom is -0.447 e. The molecular formula is C19H28N3O6+. The van der Waals surface area contributed by atoms with Gasteiger partial charge in [-0.05, 0) is 30.4 Å². The number of carbonyl (C=O) groups excluding carboxylic acids is 3. The Morgan fingerprint density at radius 3 is 2.32 bits per heavy atom. The van der Waals surface area contributed by atoms with E-state index in [4.69, 9.17) is 19.8 Å². The molecule has 1 aromatic rings. The summed E-state index contributed by atoms with van der Waals surface area (Å²) < 4.78 is 4.31. The van der Waals surface area contributed by atoms with Gasteiger partial charge in [-0.15, -0.1) is 0 Å². The van der Waals surface area contributed by atoms with Gasteiger partial charge in [-0.2, -0.15) is 0 Å². The average molecular weight is 394 g/mol. The van der Waals surface area contributed by atoms with Crippen LogP contribution in [0.15, 0.2) is 30.3 Å². The molecule has 1 amide bonds. The van der Waals surface area contributed by atoms with Crippen molar-refractivity contribution < 1.29 is 33.4 Å². The van der Waals surface area contributed by atoms with Crippen molar-refractivity contribution in [2.75, 3.05) is 20.2 Å². The molecule has 1 N–H and O–H groups in total. The highest BCUT2D eigenvalue weighted by molar-refractivity contribution is 5.89. The molecule has 1 unspecified atom stereocenters. The quantitative estimate of drug-likeness (QED) is 0.344. The molecule has 9 nitrogen and oxygen atoms in total. The topological polar surface area (TPSA) is 106 Å². The van der Waals surface area contributed by atoms with E-state index >= 15 is 0 Å². The Balaban J connectivity index is 2.91. The van der Waals surface area contributed by atoms with Crippen LogP contribution in [-0.4, -0.2) is 53.9 Å². The minimum absolute atomic E-state index is 0.00173. The number of amides is 1. The number of quaternary nitrogens is 1. The lowest BCUT2D eigenvalue weighted by Crippen LogP contribution is -2.58. The summed E-state index contributed by atoms with van der Waals surface area (Å²) in [4.78, 5) is 46.2. The fraction of sp³-hybridized carbons (Fsp3) is 0.474. The SMILES string of the molecule is CCCOC(=O)N(OC(=O)CCc1ccccc1)C(=N)[N+](C)(CC)OC(C)=O. The molecule has 0 aliphatic rings. The molecule has 9 heteroatoms. The third-order valence-corrected chi connectivity index (χ3v) is 3.82. The molecule has 28 heavy (non-hydrogen) atoms. The van der Waals surface area contributed by atoms with E-state index in [-0.39, 0.29) is 19.6 Å². The van der Waals surface area contributed by atoms with Crippen molar-refractivity contribution in [3.05, 3.63) is 35.9 Å². The molecule has 0 aliphatic heterocycles. The van der Waals surface area contributed by atoms with Gasteiger partial charge in [0.05, 0.1) is 13.0 Å². The van der Waals surface area contributed by atoms with E-state index in [1.54, 1.807) is 13.8 Å². The van der Waals surface area contributed by atoms with Crippen molar-refractivity contribution in [3.8, 4) is 0 Å². The predicted octanol–water partition coefficient (Wildman–Crippen LogP) is 2.81. The molecule has 0 aromatic heterocycles. The molecule has 1 atom stereocenters. The summed E-state index contributed by atoms with van der Waals surface area (Å²) in [5.41, 5.74) is 0.934. The molecule has 0 saturated heterocycles. The zero-order valence-corrected chi connectivity index (χ0v) is 16.8. The van der Waals surface area contributed by atoms with Gasteiger partial charge in [0.1, 0.15) is 13.6 Å². The van der Waals surface area contributed by atoms with Gasteiger partial charge in [0, 0.05) is 6.92 Å². The van der Waals surface area contributed by atoms with Crippen LogP contribution in [0.25, 0.3) is 0 Å². The van der Waals surface area contributed by atoms with Crippen LogP contribution in [0.3, 0.4) is 0 Å². The highest BCUT2D eigenvalue weighted by atomic mass is 16.8. The molecule has 0 saturated carbocycles. The Kier molecular flexibility index (Phi) is 9.10. The summed E-state index contributed by atoms with van der Waals surface area (Å²) in [6.45, 7) is 4.88. The number of nitrogens with zero attached hydrogens (tertiary/aromatic N) is 2. The van der Waals surface area contributed by atoms with Crippen molar-refractivity contribution in [1.29, 1.82) is 5.41 Å². The van der Waals surface area contributed by atoms with E-state index in [1.807, 2.05) is 30.3 Å². The molecular weight excluding hydrogens is 366 g/mol. The van der Waals surface area contributed by atoms with Crippen LogP contribution < -0.4 is 0 Å². The fourth-order valence-corrected chi connectivity index (χ4v) is 2.19. The third-order valence-electron chi connectivity index (χ3n) is 3.82. The largest absolute Gasteiger partial charge is 0.454 e. The van der Waals surface area contributed by atoms with E-state index < -0.39 is 28.6 Å². The van der Waals surface area contributed by atoms with Crippen LogP contribution in [-0.2, 0) is 30.4 Å². The molecule has 0 bridgehead atoms. The minimum atomic E-state index is -1.02. The Morgan fingerprint density at radius 1 is 1.14 bits per heavy atom. The lowest BCUT2D eigenvalue weighted by Gasteiger charge is -2.31. The van der Waals surface area contributed by atoms with Gasteiger partial charge < -0.3 is 9.57 Å². The maximum Gasteiger partial charge on any atom is 0.454 e. The Bertz CT molecular complexity index is 694. The van der Waals surface area contributed by atoms with Crippen LogP contribution in [0.1, 0.15) is 39.2 Å². The van der Waals surface area contributed by atoms with Crippen LogP contribution in [0.2, 0.25) is 0 Å². The number of benzene rings is 1. The van der Waals surface area contributed by atoms with Crippen molar-refractivity contribution >= 4 is 24.0 Å². The smallest absolute Gasteiger partial charge is 0.447 e. The predicted molar refractivity (Wildman–Crippen MR) is 101 cm³/mol. The molecule has 1 aromatic carbocycles. The van der Waals surface area contributed by atoms with E-state index in [0.29, 0.717) is 17.9 Å². The van der Waals surface area contributed by atoms with Gasteiger partial charge in [-0.1, -0.05) is 41.9 Å². The third kappa shape index (κ3) is 6.99. The number of hydroxylamine groups is 5. The second-order valence-corrected chi connectivity index (χ2v) is 6.18. The zero-order chi connectivity index (χ0) is 21.2. The molecule has 0 fully saturated rings. The first-order valence-corrected chi connectivity index (χ1v) is 9.09. The first-order chi connectivity index (χ1) is 13.2. The molecule has 0 aliphatic carbocycles. The second kappa shape index (κ2) is 11.0. The van der Waals surface area contributed by atoms with Gasteiger partial charge in [-0.25, -0.2) is 19.8 Å². The van der Waals surface area contributed by atoms with Crippen LogP contribution in [0, 0.1) is 5.41 Å². The summed E-state index contributed by atoms with van der Waals surface area (Å²) in [5, 5.41) is 8.73. The maximum absolute atomic E-state index is 12.3. The van der Waals surface area contributed by atoms with E-state index in [1.165, 1.54) is 14.0 Å². The second-order valence-electron chi connectivity index (χ2n) is 6.18. The van der Waals surface area contributed by atoms with Gasteiger partial charge in [0.15, 0.2) is 0 Å². The molecule has 0 heterocycles. The summed E-state index contributed by atoms with van der Waals surface area (Å²) in [7, 11) is 1.40. The van der Waals surface area contributed by atoms with Crippen molar-refractivity contribution in [1.82, 2.24) is 5.06 Å². The summed E-state index contributed by atoms with van der Waals surface area (Å²) in [5.74, 6) is -1.91. The number of rotatable bonds is 6. The highest BCUT2D eigenvalue weighted by Gasteiger charge is 2.42. The summed E-state index contributed by atoms with van der Waals surface area (Å²) in [6.07, 6.45) is -0.0593. The summed E-state index contributed by atoms with van der Waals surface area (Å²) >= 11 is 0. The molecule has 154 valence electrons. The number of aryl methyl sites for hydroxylation is 1. The van der Waals surface area contributed by atoms with Gasteiger partial charge in [0.2, 0.25) is 0 Å². The Labute approximate surface area is 164 Å². The van der Waals surface area contributed by atoms with Gasteiger partial charge in [0.25, 0.3) is 0 Å². The maximum atomic E-state index is 12.3. The van der Waals surface area contributed by atoms with Gasteiger partial charge >= 0.3 is 24.0 Å². The standard InChI is InChI=1S/C19H28N3O6/c1-5-14-26-19(25)21(18(20)22(4,6-2)28-15(3)23)27-17(24)13-12-16-10-8-7-9-11-16/h7-11,20H,5-6,12-14H2,1-4H3/q+1. The number of ether oxygens (including phenoxy) is 1. The zero-order valence-electron chi connectivity index (χ0n) is 16.8. The molecule has 1 rings (SSSR count). The van der Waals surface area contributed by atoms with E-state index in [0.717, 1.165) is 5.56 Å². The van der Waals surface area contributed by atoms with E-state index in [2.05, 4.69) is 0 Å². The van der Waals surface area contributed by atoms with Crippen LogP contribution in [0.5, 0.6) is 0 Å². The highest BCUT2D eigenvalue weighted by Crippen LogP contribution is 2.13. The van der Waals surface area contributed by atoms with Crippen molar-refractivity contribution in [2.45, 2.75) is 40.0 Å². The Morgan fingerprint density at radius 2 is 1.79 bits per heavy atom. The average Bonchev–Trinajstić information content (AvgIpc) is 2.68. The summed E-state index contributed by atoms with van der Waals surface area (Å²) in [6, 6.07) is 9.32. The first-order valence-electron chi connectivity index (χ1n) is 9.09. The number of hydrogen-bond donors (Lipinski definition) is 1. The van der Waals surface area contributed by atoms with Gasteiger partial charge in [-0.3, -0.25) is 4.84 Å².